The van der Waals surface area contributed by atoms with Crippen LogP contribution in [0.25, 0.3) is 0 Å². The Hall–Kier alpha value is -1.35. The highest BCUT2D eigenvalue weighted by molar-refractivity contribution is 5.91. The van der Waals surface area contributed by atoms with Crippen LogP contribution in [0.4, 0.5) is 0 Å². The zero-order chi connectivity index (χ0) is 15.4. The van der Waals surface area contributed by atoms with Gasteiger partial charge in [-0.3, -0.25) is 4.79 Å². The largest absolute Gasteiger partial charge is 0.393 e. The lowest BCUT2D eigenvalue weighted by Gasteiger charge is -2.08. The zero-order valence-electron chi connectivity index (χ0n) is 13.0. The van der Waals surface area contributed by atoms with Crippen molar-refractivity contribution >= 4 is 5.91 Å². The number of allylic oxidation sites excluding steroid dienone is 5. The second kappa shape index (κ2) is 11.5. The van der Waals surface area contributed by atoms with Gasteiger partial charge in [0.25, 0.3) is 0 Å². The van der Waals surface area contributed by atoms with Crippen LogP contribution in [0.1, 0.15) is 52.9 Å². The molecular weight excluding hydrogens is 250 g/mol. The van der Waals surface area contributed by atoms with Crippen molar-refractivity contribution in [2.45, 2.75) is 59.0 Å². The average molecular weight is 279 g/mol. The highest BCUT2D eigenvalue weighted by atomic mass is 16.3. The Morgan fingerprint density at radius 3 is 2.40 bits per heavy atom. The number of hydrogen-bond acceptors (Lipinski definition) is 2. The SMILES string of the molecule is CCC(O)C/C(=C/CCC=C/C=C\CC(C)C)C(N)=O. The Labute approximate surface area is 123 Å². The monoisotopic (exact) mass is 279 g/mol. The van der Waals surface area contributed by atoms with Crippen LogP contribution >= 0.6 is 0 Å². The number of aliphatic hydroxyl groups excluding tert-OH is 1. The Kier molecular flexibility index (Phi) is 10.7. The predicted octanol–water partition coefficient (Wildman–Crippen LogP) is 3.50. The molecule has 1 atom stereocenters. The maximum Gasteiger partial charge on any atom is 0.244 e. The van der Waals surface area contributed by atoms with Crippen LogP contribution in [0.3, 0.4) is 0 Å². The summed E-state index contributed by atoms with van der Waals surface area (Å²) in [5, 5.41) is 9.55. The molecule has 1 amide bonds. The predicted molar refractivity (Wildman–Crippen MR) is 85.2 cm³/mol. The van der Waals surface area contributed by atoms with Gasteiger partial charge in [0, 0.05) is 12.0 Å². The molecule has 0 rings (SSSR count). The normalized spacial score (nSPS) is 14.6. The van der Waals surface area contributed by atoms with E-state index in [1.54, 1.807) is 0 Å². The van der Waals surface area contributed by atoms with Gasteiger partial charge in [0.1, 0.15) is 0 Å². The van der Waals surface area contributed by atoms with Gasteiger partial charge < -0.3 is 10.8 Å². The van der Waals surface area contributed by atoms with Crippen LogP contribution < -0.4 is 5.73 Å². The van der Waals surface area contributed by atoms with Crippen LogP contribution in [0.5, 0.6) is 0 Å². The molecule has 0 bridgehead atoms. The summed E-state index contributed by atoms with van der Waals surface area (Å²) in [4.78, 5) is 11.2. The first kappa shape index (κ1) is 18.7. The fraction of sp³-hybridized carbons (Fsp3) is 0.588. The summed E-state index contributed by atoms with van der Waals surface area (Å²) in [6.07, 6.45) is 13.4. The number of carbonyl (C=O) groups is 1. The maximum absolute atomic E-state index is 11.2. The van der Waals surface area contributed by atoms with Gasteiger partial charge in [-0.1, -0.05) is 51.2 Å². The van der Waals surface area contributed by atoms with Gasteiger partial charge in [-0.05, 0) is 31.6 Å². The van der Waals surface area contributed by atoms with E-state index in [4.69, 9.17) is 5.73 Å². The Morgan fingerprint density at radius 2 is 1.85 bits per heavy atom. The van der Waals surface area contributed by atoms with Gasteiger partial charge in [-0.25, -0.2) is 0 Å². The van der Waals surface area contributed by atoms with E-state index in [0.29, 0.717) is 24.3 Å². The molecule has 0 aliphatic heterocycles. The van der Waals surface area contributed by atoms with E-state index in [9.17, 15) is 9.90 Å². The van der Waals surface area contributed by atoms with E-state index in [1.165, 1.54) is 0 Å². The number of amides is 1. The minimum Gasteiger partial charge on any atom is -0.393 e. The summed E-state index contributed by atoms with van der Waals surface area (Å²) < 4.78 is 0. The fourth-order valence-corrected chi connectivity index (χ4v) is 1.64. The highest BCUT2D eigenvalue weighted by Crippen LogP contribution is 2.10. The molecule has 114 valence electrons. The molecule has 0 aromatic heterocycles. The van der Waals surface area contributed by atoms with Crippen molar-refractivity contribution in [1.29, 1.82) is 0 Å². The van der Waals surface area contributed by atoms with E-state index < -0.39 is 12.0 Å². The van der Waals surface area contributed by atoms with E-state index in [1.807, 2.05) is 19.1 Å². The third-order valence-corrected chi connectivity index (χ3v) is 2.96. The molecule has 0 saturated heterocycles. The Balaban J connectivity index is 4.08. The Morgan fingerprint density at radius 1 is 1.20 bits per heavy atom. The zero-order valence-corrected chi connectivity index (χ0v) is 13.0. The second-order valence-electron chi connectivity index (χ2n) is 5.42. The summed E-state index contributed by atoms with van der Waals surface area (Å²) in [5.41, 5.74) is 5.83. The fourth-order valence-electron chi connectivity index (χ4n) is 1.64. The molecular formula is C17H29NO2. The lowest BCUT2D eigenvalue weighted by Crippen LogP contribution is -2.18. The molecule has 0 spiro atoms. The molecule has 1 unspecified atom stereocenters. The van der Waals surface area contributed by atoms with Crippen LogP contribution in [-0.2, 0) is 4.79 Å². The van der Waals surface area contributed by atoms with Crippen molar-refractivity contribution in [3.63, 3.8) is 0 Å². The van der Waals surface area contributed by atoms with Gasteiger partial charge in [-0.15, -0.1) is 0 Å². The molecule has 0 aliphatic rings. The molecule has 3 N–H and O–H groups in total. The number of hydrogen-bond donors (Lipinski definition) is 2. The minimum atomic E-state index is -0.483. The van der Waals surface area contributed by atoms with E-state index in [2.05, 4.69) is 32.1 Å². The molecule has 0 heterocycles. The van der Waals surface area contributed by atoms with Crippen LogP contribution in [0, 0.1) is 5.92 Å². The molecule has 0 aliphatic carbocycles. The van der Waals surface area contributed by atoms with Gasteiger partial charge >= 0.3 is 0 Å². The van der Waals surface area contributed by atoms with Crippen molar-refractivity contribution in [3.05, 3.63) is 36.0 Å². The van der Waals surface area contributed by atoms with Crippen molar-refractivity contribution < 1.29 is 9.90 Å². The lowest BCUT2D eigenvalue weighted by atomic mass is 10.0. The molecule has 0 radical (unpaired) electrons. The summed E-state index contributed by atoms with van der Waals surface area (Å²) in [6.45, 7) is 6.26. The van der Waals surface area contributed by atoms with Crippen molar-refractivity contribution in [2.75, 3.05) is 0 Å². The van der Waals surface area contributed by atoms with Crippen molar-refractivity contribution in [3.8, 4) is 0 Å². The van der Waals surface area contributed by atoms with Gasteiger partial charge in [-0.2, -0.15) is 0 Å². The number of unbranched alkanes of at least 4 members (excludes halogenated alkanes) is 1. The van der Waals surface area contributed by atoms with Crippen LogP contribution in [0.2, 0.25) is 0 Å². The van der Waals surface area contributed by atoms with E-state index in [0.717, 1.165) is 19.3 Å². The molecule has 20 heavy (non-hydrogen) atoms. The minimum absolute atomic E-state index is 0.351. The molecule has 0 aromatic rings. The topological polar surface area (TPSA) is 63.3 Å². The first-order valence-corrected chi connectivity index (χ1v) is 7.45. The molecule has 0 saturated carbocycles. The van der Waals surface area contributed by atoms with Crippen LogP contribution in [0.15, 0.2) is 36.0 Å². The summed E-state index contributed by atoms with van der Waals surface area (Å²) in [6, 6.07) is 0. The molecule has 3 nitrogen and oxygen atoms in total. The number of primary amides is 1. The maximum atomic E-state index is 11.2. The van der Waals surface area contributed by atoms with E-state index >= 15 is 0 Å². The number of rotatable bonds is 10. The highest BCUT2D eigenvalue weighted by Gasteiger charge is 2.09. The standard InChI is InChI=1S/C17H29NO2/c1-4-16(19)13-15(17(18)20)12-10-8-6-5-7-9-11-14(2)3/h5-7,9,12,14,16,19H,4,8,10-11,13H2,1-3H3,(H2,18,20)/b6-5?,9-7-,15-12-. The van der Waals surface area contributed by atoms with Crippen molar-refractivity contribution in [1.82, 2.24) is 0 Å². The summed E-state index contributed by atoms with van der Waals surface area (Å²) in [7, 11) is 0. The molecule has 3 heteroatoms. The molecule has 0 aromatic carbocycles. The molecule has 0 fully saturated rings. The number of aliphatic hydroxyl groups is 1. The number of carbonyl (C=O) groups excluding carboxylic acids is 1. The lowest BCUT2D eigenvalue weighted by molar-refractivity contribution is -0.115. The van der Waals surface area contributed by atoms with Crippen LogP contribution in [-0.4, -0.2) is 17.1 Å². The average Bonchev–Trinajstić information content (AvgIpc) is 2.39. The van der Waals surface area contributed by atoms with Gasteiger partial charge in [0.15, 0.2) is 0 Å². The quantitative estimate of drug-likeness (QED) is 0.365. The summed E-state index contributed by atoms with van der Waals surface area (Å²) >= 11 is 0. The van der Waals surface area contributed by atoms with Gasteiger partial charge in [0.05, 0.1) is 6.10 Å². The first-order valence-electron chi connectivity index (χ1n) is 7.45. The van der Waals surface area contributed by atoms with Gasteiger partial charge in [0.2, 0.25) is 5.91 Å². The third-order valence-electron chi connectivity index (χ3n) is 2.96. The van der Waals surface area contributed by atoms with E-state index in [-0.39, 0.29) is 0 Å². The third kappa shape index (κ3) is 10.6. The summed E-state index contributed by atoms with van der Waals surface area (Å²) in [5.74, 6) is 0.254. The second-order valence-corrected chi connectivity index (χ2v) is 5.42. The number of nitrogens with two attached hydrogens (primary N) is 1. The van der Waals surface area contributed by atoms with Crippen molar-refractivity contribution in [2.24, 2.45) is 11.7 Å². The smallest absolute Gasteiger partial charge is 0.244 e. The first-order chi connectivity index (χ1) is 9.47. The Bertz CT molecular complexity index is 354.